The molecule has 0 unspecified atom stereocenters. The Balaban J connectivity index is 1.59. The Morgan fingerprint density at radius 2 is 1.83 bits per heavy atom. The van der Waals surface area contributed by atoms with Crippen LogP contribution in [0.2, 0.25) is 0 Å². The number of carbonyl (C=O) groups is 2. The Hall–Kier alpha value is -2.96. The number of hydrogen-bond donors (Lipinski definition) is 3. The second kappa shape index (κ2) is 6.66. The molecule has 2 amide bonds. The minimum absolute atomic E-state index is 0.0317. The number of fused-ring (bicyclic) bond motifs is 1. The maximum Gasteiger partial charge on any atom is 0.243 e. The second-order valence-electron chi connectivity index (χ2n) is 5.45. The zero-order valence-electron chi connectivity index (χ0n) is 12.7. The summed E-state index contributed by atoms with van der Waals surface area (Å²) in [5.41, 5.74) is 2.64. The van der Waals surface area contributed by atoms with Gasteiger partial charge in [-0.3, -0.25) is 9.59 Å². The van der Waals surface area contributed by atoms with Gasteiger partial charge in [-0.05, 0) is 36.2 Å². The van der Waals surface area contributed by atoms with Gasteiger partial charge in [0.05, 0.1) is 6.54 Å². The SMILES string of the molecule is O=C(CNc1ccc2c(c1)NC(=O)CC2)Nc1ccc(F)c(F)c1. The van der Waals surface area contributed by atoms with E-state index < -0.39 is 17.5 Å². The topological polar surface area (TPSA) is 70.2 Å². The van der Waals surface area contributed by atoms with Crippen molar-refractivity contribution in [1.29, 1.82) is 0 Å². The standard InChI is InChI=1S/C17H15F2N3O2/c18-13-5-4-12(7-14(13)19)21-17(24)9-20-11-3-1-10-2-6-16(23)22-15(10)8-11/h1,3-5,7-8,20H,2,6,9H2,(H,21,24)(H,22,23). The summed E-state index contributed by atoms with van der Waals surface area (Å²) >= 11 is 0. The van der Waals surface area contributed by atoms with E-state index in [0.29, 0.717) is 18.5 Å². The summed E-state index contributed by atoms with van der Waals surface area (Å²) in [6.07, 6.45) is 1.16. The van der Waals surface area contributed by atoms with Gasteiger partial charge in [-0.15, -0.1) is 0 Å². The first-order chi connectivity index (χ1) is 11.5. The maximum absolute atomic E-state index is 13.1. The summed E-state index contributed by atoms with van der Waals surface area (Å²) in [5.74, 6) is -2.42. The molecule has 124 valence electrons. The lowest BCUT2D eigenvalue weighted by atomic mass is 10.0. The van der Waals surface area contributed by atoms with Crippen LogP contribution in [0.1, 0.15) is 12.0 Å². The molecule has 0 spiro atoms. The van der Waals surface area contributed by atoms with Crippen LogP contribution >= 0.6 is 0 Å². The van der Waals surface area contributed by atoms with Crippen molar-refractivity contribution in [2.24, 2.45) is 0 Å². The highest BCUT2D eigenvalue weighted by Crippen LogP contribution is 2.25. The number of halogens is 2. The Labute approximate surface area is 137 Å². The van der Waals surface area contributed by atoms with Gasteiger partial charge in [-0.25, -0.2) is 8.78 Å². The Kier molecular flexibility index (Phi) is 4.41. The number of aryl methyl sites for hydroxylation is 1. The van der Waals surface area contributed by atoms with E-state index in [0.717, 1.165) is 23.4 Å². The molecule has 3 N–H and O–H groups in total. The average molecular weight is 331 g/mol. The number of hydrogen-bond acceptors (Lipinski definition) is 3. The third-order valence-corrected chi connectivity index (χ3v) is 3.66. The smallest absolute Gasteiger partial charge is 0.243 e. The molecule has 1 aliphatic heterocycles. The van der Waals surface area contributed by atoms with Crippen molar-refractivity contribution in [3.05, 3.63) is 53.6 Å². The molecular formula is C17H15F2N3O2. The van der Waals surface area contributed by atoms with Gasteiger partial charge < -0.3 is 16.0 Å². The Bertz CT molecular complexity index is 808. The fraction of sp³-hybridized carbons (Fsp3) is 0.176. The number of nitrogens with one attached hydrogen (secondary N) is 3. The van der Waals surface area contributed by atoms with Crippen LogP contribution in [0.4, 0.5) is 25.8 Å². The average Bonchev–Trinajstić information content (AvgIpc) is 2.56. The first-order valence-electron chi connectivity index (χ1n) is 7.43. The lowest BCUT2D eigenvalue weighted by Crippen LogP contribution is -2.22. The van der Waals surface area contributed by atoms with Crippen LogP contribution in [0, 0.1) is 11.6 Å². The van der Waals surface area contributed by atoms with Crippen LogP contribution < -0.4 is 16.0 Å². The number of rotatable bonds is 4. The minimum Gasteiger partial charge on any atom is -0.376 e. The molecule has 0 atom stereocenters. The predicted octanol–water partition coefficient (Wildman–Crippen LogP) is 2.90. The third kappa shape index (κ3) is 3.68. The van der Waals surface area contributed by atoms with E-state index >= 15 is 0 Å². The maximum atomic E-state index is 13.1. The van der Waals surface area contributed by atoms with Crippen LogP contribution in [0.15, 0.2) is 36.4 Å². The summed E-state index contributed by atoms with van der Waals surface area (Å²) in [6, 6.07) is 8.62. The molecule has 2 aromatic rings. The van der Waals surface area contributed by atoms with Crippen molar-refractivity contribution in [3.63, 3.8) is 0 Å². The van der Waals surface area contributed by atoms with Gasteiger partial charge in [-0.2, -0.15) is 0 Å². The van der Waals surface area contributed by atoms with Gasteiger partial charge in [0.25, 0.3) is 0 Å². The van der Waals surface area contributed by atoms with E-state index in [1.165, 1.54) is 6.07 Å². The van der Waals surface area contributed by atoms with Crippen LogP contribution in [0.3, 0.4) is 0 Å². The molecular weight excluding hydrogens is 316 g/mol. The Morgan fingerprint density at radius 3 is 2.62 bits per heavy atom. The highest BCUT2D eigenvalue weighted by molar-refractivity contribution is 5.95. The molecule has 0 fully saturated rings. The summed E-state index contributed by atoms with van der Waals surface area (Å²) in [4.78, 5) is 23.3. The van der Waals surface area contributed by atoms with E-state index in [2.05, 4.69) is 16.0 Å². The van der Waals surface area contributed by atoms with E-state index in [4.69, 9.17) is 0 Å². The molecule has 0 radical (unpaired) electrons. The monoisotopic (exact) mass is 331 g/mol. The minimum atomic E-state index is -1.02. The van der Waals surface area contributed by atoms with E-state index in [1.807, 2.05) is 12.1 Å². The van der Waals surface area contributed by atoms with E-state index in [9.17, 15) is 18.4 Å². The van der Waals surface area contributed by atoms with Gasteiger partial charge in [-0.1, -0.05) is 6.07 Å². The molecule has 0 bridgehead atoms. The molecule has 1 aliphatic rings. The number of anilines is 3. The van der Waals surface area contributed by atoms with Crippen LogP contribution in [-0.2, 0) is 16.0 Å². The van der Waals surface area contributed by atoms with Crippen molar-refractivity contribution in [3.8, 4) is 0 Å². The number of carbonyl (C=O) groups excluding carboxylic acids is 2. The van der Waals surface area contributed by atoms with Gasteiger partial charge in [0.1, 0.15) is 0 Å². The third-order valence-electron chi connectivity index (χ3n) is 3.66. The van der Waals surface area contributed by atoms with Gasteiger partial charge >= 0.3 is 0 Å². The normalized spacial score (nSPS) is 13.0. The predicted molar refractivity (Wildman–Crippen MR) is 86.9 cm³/mol. The molecule has 5 nitrogen and oxygen atoms in total. The molecule has 3 rings (SSSR count). The second-order valence-corrected chi connectivity index (χ2v) is 5.45. The largest absolute Gasteiger partial charge is 0.376 e. The lowest BCUT2D eigenvalue weighted by molar-refractivity contribution is -0.116. The quantitative estimate of drug-likeness (QED) is 0.807. The van der Waals surface area contributed by atoms with Gasteiger partial charge in [0.2, 0.25) is 11.8 Å². The van der Waals surface area contributed by atoms with Gasteiger partial charge in [0, 0.05) is 29.5 Å². The highest BCUT2D eigenvalue weighted by atomic mass is 19.2. The van der Waals surface area contributed by atoms with Crippen molar-refractivity contribution >= 4 is 28.9 Å². The zero-order valence-corrected chi connectivity index (χ0v) is 12.7. The molecule has 0 aromatic heterocycles. The van der Waals surface area contributed by atoms with Crippen LogP contribution in [0.5, 0.6) is 0 Å². The lowest BCUT2D eigenvalue weighted by Gasteiger charge is -2.18. The van der Waals surface area contributed by atoms with E-state index in [-0.39, 0.29) is 18.1 Å². The number of amides is 2. The summed E-state index contributed by atoms with van der Waals surface area (Å²) in [7, 11) is 0. The molecule has 0 saturated heterocycles. The summed E-state index contributed by atoms with van der Waals surface area (Å²) < 4.78 is 25.9. The van der Waals surface area contributed by atoms with Crippen LogP contribution in [-0.4, -0.2) is 18.4 Å². The summed E-state index contributed by atoms with van der Waals surface area (Å²) in [6.45, 7) is -0.0499. The molecule has 1 heterocycles. The van der Waals surface area contributed by atoms with Crippen LogP contribution in [0.25, 0.3) is 0 Å². The first kappa shape index (κ1) is 15.9. The number of benzene rings is 2. The van der Waals surface area contributed by atoms with Crippen molar-refractivity contribution in [1.82, 2.24) is 0 Å². The first-order valence-corrected chi connectivity index (χ1v) is 7.43. The van der Waals surface area contributed by atoms with Gasteiger partial charge in [0.15, 0.2) is 11.6 Å². The van der Waals surface area contributed by atoms with Crippen molar-refractivity contribution < 1.29 is 18.4 Å². The summed E-state index contributed by atoms with van der Waals surface area (Å²) in [5, 5.41) is 8.18. The molecule has 24 heavy (non-hydrogen) atoms. The Morgan fingerprint density at radius 1 is 1.04 bits per heavy atom. The highest BCUT2D eigenvalue weighted by Gasteiger charge is 2.15. The fourth-order valence-corrected chi connectivity index (χ4v) is 2.44. The fourth-order valence-electron chi connectivity index (χ4n) is 2.44. The molecule has 7 heteroatoms. The van der Waals surface area contributed by atoms with E-state index in [1.54, 1.807) is 6.07 Å². The van der Waals surface area contributed by atoms with Crippen molar-refractivity contribution in [2.45, 2.75) is 12.8 Å². The molecule has 2 aromatic carbocycles. The van der Waals surface area contributed by atoms with Crippen molar-refractivity contribution in [2.75, 3.05) is 22.5 Å². The zero-order chi connectivity index (χ0) is 17.1. The molecule has 0 aliphatic carbocycles. The molecule has 0 saturated carbocycles.